The fraction of sp³-hybridized carbons (Fsp3) is 0.632. The smallest absolute Gasteiger partial charge is 0.191 e. The van der Waals surface area contributed by atoms with E-state index >= 15 is 0 Å². The van der Waals surface area contributed by atoms with E-state index in [0.29, 0.717) is 18.6 Å². The topological polar surface area (TPSA) is 59.9 Å². The summed E-state index contributed by atoms with van der Waals surface area (Å²) in [5.41, 5.74) is 1.13. The number of aliphatic imine (C=N–C) groups is 1. The number of aliphatic hydroxyl groups excluding tert-OH is 1. The van der Waals surface area contributed by atoms with Crippen molar-refractivity contribution in [2.75, 3.05) is 33.3 Å². The predicted molar refractivity (Wildman–Crippen MR) is 118 cm³/mol. The van der Waals surface area contributed by atoms with Crippen molar-refractivity contribution in [3.05, 3.63) is 35.9 Å². The summed E-state index contributed by atoms with van der Waals surface area (Å²) in [6.45, 7) is 11.5. The largest absolute Gasteiger partial charge is 0.396 e. The van der Waals surface area contributed by atoms with Crippen LogP contribution in [0.4, 0.5) is 0 Å². The van der Waals surface area contributed by atoms with Crippen molar-refractivity contribution >= 4 is 29.9 Å². The molecule has 0 saturated carbocycles. The van der Waals surface area contributed by atoms with Gasteiger partial charge in [-0.3, -0.25) is 9.89 Å². The molecule has 0 saturated heterocycles. The van der Waals surface area contributed by atoms with Crippen LogP contribution in [0.1, 0.15) is 39.2 Å². The van der Waals surface area contributed by atoms with Crippen molar-refractivity contribution < 1.29 is 5.11 Å². The fourth-order valence-corrected chi connectivity index (χ4v) is 2.87. The molecule has 1 rings (SSSR count). The number of hydrogen-bond donors (Lipinski definition) is 3. The second-order valence-electron chi connectivity index (χ2n) is 6.60. The minimum Gasteiger partial charge on any atom is -0.396 e. The minimum absolute atomic E-state index is 0. The Labute approximate surface area is 170 Å². The van der Waals surface area contributed by atoms with E-state index in [1.165, 1.54) is 0 Å². The van der Waals surface area contributed by atoms with E-state index < -0.39 is 0 Å². The van der Waals surface area contributed by atoms with Gasteiger partial charge in [-0.25, -0.2) is 0 Å². The molecule has 3 N–H and O–H groups in total. The Bertz CT molecular complexity index is 472. The van der Waals surface area contributed by atoms with Gasteiger partial charge in [0.15, 0.2) is 5.96 Å². The van der Waals surface area contributed by atoms with Crippen molar-refractivity contribution in [1.82, 2.24) is 15.5 Å². The molecule has 144 valence electrons. The van der Waals surface area contributed by atoms with Gasteiger partial charge in [0.1, 0.15) is 0 Å². The summed E-state index contributed by atoms with van der Waals surface area (Å²) < 4.78 is 0. The second kappa shape index (κ2) is 13.4. The quantitative estimate of drug-likeness (QED) is 0.300. The van der Waals surface area contributed by atoms with Gasteiger partial charge in [-0.15, -0.1) is 24.0 Å². The Morgan fingerprint density at radius 1 is 1.08 bits per heavy atom. The van der Waals surface area contributed by atoms with Crippen molar-refractivity contribution in [2.45, 2.75) is 45.7 Å². The lowest BCUT2D eigenvalue weighted by molar-refractivity contribution is 0.178. The average Bonchev–Trinajstić information content (AvgIpc) is 2.57. The fourth-order valence-electron chi connectivity index (χ4n) is 2.87. The predicted octanol–water partition coefficient (Wildman–Crippen LogP) is 2.66. The molecule has 5 nitrogen and oxygen atoms in total. The van der Waals surface area contributed by atoms with Gasteiger partial charge in [-0.2, -0.15) is 0 Å². The van der Waals surface area contributed by atoms with E-state index in [9.17, 15) is 5.11 Å². The van der Waals surface area contributed by atoms with E-state index in [-0.39, 0.29) is 36.5 Å². The van der Waals surface area contributed by atoms with Crippen LogP contribution in [0.3, 0.4) is 0 Å². The van der Waals surface area contributed by atoms with Gasteiger partial charge in [0.05, 0.1) is 6.61 Å². The van der Waals surface area contributed by atoms with Gasteiger partial charge in [0, 0.05) is 44.7 Å². The summed E-state index contributed by atoms with van der Waals surface area (Å²) in [6.07, 6.45) is 0. The molecule has 0 radical (unpaired) electrons. The lowest BCUT2D eigenvalue weighted by Gasteiger charge is -2.30. The number of benzene rings is 1. The second-order valence-corrected chi connectivity index (χ2v) is 6.60. The van der Waals surface area contributed by atoms with Crippen molar-refractivity contribution in [3.8, 4) is 0 Å². The van der Waals surface area contributed by atoms with Gasteiger partial charge in [0.25, 0.3) is 0 Å². The van der Waals surface area contributed by atoms with Crippen LogP contribution in [0.15, 0.2) is 35.3 Å². The van der Waals surface area contributed by atoms with Gasteiger partial charge < -0.3 is 15.7 Å². The van der Waals surface area contributed by atoms with Crippen molar-refractivity contribution in [3.63, 3.8) is 0 Å². The third-order valence-corrected chi connectivity index (χ3v) is 4.22. The van der Waals surface area contributed by atoms with Crippen LogP contribution in [0.25, 0.3) is 0 Å². The van der Waals surface area contributed by atoms with E-state index in [2.05, 4.69) is 48.2 Å². The molecule has 0 heterocycles. The van der Waals surface area contributed by atoms with E-state index in [1.807, 2.05) is 30.3 Å². The third-order valence-electron chi connectivity index (χ3n) is 4.22. The Balaban J connectivity index is 0.00000576. The minimum atomic E-state index is 0. The zero-order valence-electron chi connectivity index (χ0n) is 16.2. The summed E-state index contributed by atoms with van der Waals surface area (Å²) in [4.78, 5) is 6.71. The highest BCUT2D eigenvalue weighted by atomic mass is 127. The van der Waals surface area contributed by atoms with Crippen LogP contribution < -0.4 is 10.6 Å². The number of halogens is 1. The first-order chi connectivity index (χ1) is 11.5. The van der Waals surface area contributed by atoms with Crippen LogP contribution in [-0.2, 0) is 0 Å². The molecule has 1 aromatic carbocycles. The Hall–Kier alpha value is -0.860. The standard InChI is InChI=1S/C19H34N4O.HI/c1-15(2)23(16(3)4)12-11-21-19(20-5)22-13-18(14-24)17-9-7-6-8-10-17;/h6-10,15-16,18,24H,11-14H2,1-5H3,(H2,20,21,22);1H. The SMILES string of the molecule is CN=C(NCCN(C(C)C)C(C)C)NCC(CO)c1ccccc1.I. The molecule has 0 aromatic heterocycles. The molecular formula is C19H35IN4O. The molecule has 1 unspecified atom stereocenters. The number of nitrogens with zero attached hydrogens (tertiary/aromatic N) is 2. The van der Waals surface area contributed by atoms with Crippen molar-refractivity contribution in [2.24, 2.45) is 4.99 Å². The molecule has 0 aliphatic carbocycles. The Morgan fingerprint density at radius 3 is 2.16 bits per heavy atom. The molecule has 0 aliphatic rings. The average molecular weight is 462 g/mol. The highest BCUT2D eigenvalue weighted by Crippen LogP contribution is 2.13. The maximum absolute atomic E-state index is 9.63. The maximum Gasteiger partial charge on any atom is 0.191 e. The Kier molecular flexibility index (Phi) is 12.9. The van der Waals surface area contributed by atoms with Gasteiger partial charge in [-0.05, 0) is 33.3 Å². The summed E-state index contributed by atoms with van der Waals surface area (Å²) in [5, 5.41) is 16.3. The van der Waals surface area contributed by atoms with E-state index in [4.69, 9.17) is 0 Å². The highest BCUT2D eigenvalue weighted by Gasteiger charge is 2.13. The highest BCUT2D eigenvalue weighted by molar-refractivity contribution is 14.0. The molecule has 0 amide bonds. The summed E-state index contributed by atoms with van der Waals surface area (Å²) in [6, 6.07) is 11.1. The van der Waals surface area contributed by atoms with E-state index in [0.717, 1.165) is 24.6 Å². The summed E-state index contributed by atoms with van der Waals surface area (Å²) in [5.74, 6) is 0.837. The Morgan fingerprint density at radius 2 is 1.68 bits per heavy atom. The molecule has 1 atom stereocenters. The van der Waals surface area contributed by atoms with Gasteiger partial charge in [-0.1, -0.05) is 30.3 Å². The molecular weight excluding hydrogens is 427 g/mol. The van der Waals surface area contributed by atoms with Crippen LogP contribution in [0.2, 0.25) is 0 Å². The molecule has 25 heavy (non-hydrogen) atoms. The van der Waals surface area contributed by atoms with Crippen LogP contribution >= 0.6 is 24.0 Å². The molecule has 0 bridgehead atoms. The van der Waals surface area contributed by atoms with Crippen LogP contribution in [0.5, 0.6) is 0 Å². The van der Waals surface area contributed by atoms with Crippen molar-refractivity contribution in [1.29, 1.82) is 0 Å². The molecule has 0 fully saturated rings. The lowest BCUT2D eigenvalue weighted by Crippen LogP contribution is -2.46. The van der Waals surface area contributed by atoms with Crippen LogP contribution in [-0.4, -0.2) is 61.3 Å². The zero-order chi connectivity index (χ0) is 17.9. The molecule has 6 heteroatoms. The lowest BCUT2D eigenvalue weighted by atomic mass is 10.0. The molecule has 0 spiro atoms. The molecule has 0 aliphatic heterocycles. The van der Waals surface area contributed by atoms with Gasteiger partial charge in [0.2, 0.25) is 0 Å². The molecule has 1 aromatic rings. The monoisotopic (exact) mass is 462 g/mol. The third kappa shape index (κ3) is 8.87. The number of rotatable bonds is 9. The number of aliphatic hydroxyl groups is 1. The van der Waals surface area contributed by atoms with Gasteiger partial charge >= 0.3 is 0 Å². The summed E-state index contributed by atoms with van der Waals surface area (Å²) >= 11 is 0. The van der Waals surface area contributed by atoms with Crippen LogP contribution in [0, 0.1) is 0 Å². The maximum atomic E-state index is 9.63. The first-order valence-corrected chi connectivity index (χ1v) is 8.85. The number of nitrogens with one attached hydrogen (secondary N) is 2. The number of guanidine groups is 1. The zero-order valence-corrected chi connectivity index (χ0v) is 18.5. The first-order valence-electron chi connectivity index (χ1n) is 8.85. The summed E-state index contributed by atoms with van der Waals surface area (Å²) in [7, 11) is 1.77. The number of hydrogen-bond acceptors (Lipinski definition) is 3. The first kappa shape index (κ1) is 24.1. The normalized spacial score (nSPS) is 13.1. The van der Waals surface area contributed by atoms with E-state index in [1.54, 1.807) is 7.05 Å².